The molecule has 0 saturated carbocycles. The zero-order valence-electron chi connectivity index (χ0n) is 20.5. The molecule has 12 heteroatoms. The molecule has 3 fully saturated rings. The van der Waals surface area contributed by atoms with Gasteiger partial charge in [0.1, 0.15) is 29.7 Å². The molecule has 3 aliphatic heterocycles. The maximum atomic E-state index is 13.8. The topological polar surface area (TPSA) is 133 Å². The van der Waals surface area contributed by atoms with E-state index < -0.39 is 75.0 Å². The van der Waals surface area contributed by atoms with Gasteiger partial charge in [0.05, 0.1) is 6.61 Å². The summed E-state index contributed by atoms with van der Waals surface area (Å²) >= 11 is 0. The van der Waals surface area contributed by atoms with E-state index in [1.807, 2.05) is 0 Å². The Morgan fingerprint density at radius 1 is 1.09 bits per heavy atom. The molecule has 11 nitrogen and oxygen atoms in total. The van der Waals surface area contributed by atoms with Crippen LogP contribution >= 0.6 is 0 Å². The first kappa shape index (κ1) is 26.4. The third-order valence-electron chi connectivity index (χ3n) is 6.44. The molecule has 0 amide bonds. The fourth-order valence-corrected chi connectivity index (χ4v) is 6.84. The van der Waals surface area contributed by atoms with Crippen LogP contribution in [0.5, 0.6) is 0 Å². The Morgan fingerprint density at radius 3 is 2.34 bits per heavy atom. The first-order valence-electron chi connectivity index (χ1n) is 11.7. The fourth-order valence-electron chi connectivity index (χ4n) is 4.95. The predicted molar refractivity (Wildman–Crippen MR) is 122 cm³/mol. The minimum Gasteiger partial charge on any atom is -0.348 e. The normalized spacial score (nSPS) is 33.3. The summed E-state index contributed by atoms with van der Waals surface area (Å²) in [5.74, 6) is -2.69. The summed E-state index contributed by atoms with van der Waals surface area (Å²) in [6.07, 6.45) is -4.02. The van der Waals surface area contributed by atoms with Crippen LogP contribution in [-0.2, 0) is 38.0 Å². The van der Waals surface area contributed by atoms with Crippen LogP contribution in [0.15, 0.2) is 30.3 Å². The van der Waals surface area contributed by atoms with Crippen LogP contribution in [0.4, 0.5) is 0 Å². The first-order chi connectivity index (χ1) is 16.3. The van der Waals surface area contributed by atoms with Crippen LogP contribution < -0.4 is 0 Å². The highest BCUT2D eigenvalue weighted by Gasteiger charge is 2.60. The Bertz CT molecular complexity index is 1010. The largest absolute Gasteiger partial charge is 0.348 e. The zero-order chi connectivity index (χ0) is 25.6. The fraction of sp³-hybridized carbons (Fsp3) is 0.739. The third-order valence-corrected chi connectivity index (χ3v) is 8.21. The number of nitrogens with zero attached hydrogens (tertiary/aromatic N) is 1. The molecular weight excluding hydrogens is 482 g/mol. The minimum absolute atomic E-state index is 0.168. The molecule has 0 aliphatic carbocycles. The lowest BCUT2D eigenvalue weighted by atomic mass is 9.96. The predicted octanol–water partition coefficient (Wildman–Crippen LogP) is 2.77. The molecule has 0 radical (unpaired) electrons. The van der Waals surface area contributed by atoms with E-state index in [4.69, 9.17) is 27.9 Å². The molecule has 196 valence electrons. The Balaban J connectivity index is 1.67. The van der Waals surface area contributed by atoms with E-state index in [1.165, 1.54) is 0 Å². The zero-order valence-corrected chi connectivity index (χ0v) is 21.3. The molecule has 3 saturated heterocycles. The molecule has 0 N–H and O–H groups in total. The lowest BCUT2D eigenvalue weighted by molar-refractivity contribution is -0.488. The summed E-state index contributed by atoms with van der Waals surface area (Å²) in [5, 5.41) is 10.1. The Morgan fingerprint density at radius 2 is 1.77 bits per heavy atom. The number of nitro groups is 1. The van der Waals surface area contributed by atoms with Crippen LogP contribution in [0, 0.1) is 16.0 Å². The molecule has 3 heterocycles. The summed E-state index contributed by atoms with van der Waals surface area (Å²) in [4.78, 5) is 10.9. The highest BCUT2D eigenvalue weighted by Crippen LogP contribution is 2.44. The highest BCUT2D eigenvalue weighted by molar-refractivity contribution is 7.87. The Hall–Kier alpha value is -1.67. The van der Waals surface area contributed by atoms with Crippen molar-refractivity contribution in [3.8, 4) is 0 Å². The molecule has 0 aromatic heterocycles. The minimum atomic E-state index is -4.40. The van der Waals surface area contributed by atoms with Gasteiger partial charge in [0, 0.05) is 10.8 Å². The van der Waals surface area contributed by atoms with Crippen LogP contribution in [-0.4, -0.2) is 68.8 Å². The molecule has 1 unspecified atom stereocenters. The molecule has 35 heavy (non-hydrogen) atoms. The lowest BCUT2D eigenvalue weighted by Gasteiger charge is -2.31. The molecule has 7 atom stereocenters. The van der Waals surface area contributed by atoms with Crippen molar-refractivity contribution in [2.75, 3.05) is 13.2 Å². The van der Waals surface area contributed by atoms with Gasteiger partial charge in [-0.25, -0.2) is 0 Å². The monoisotopic (exact) mass is 515 g/mol. The van der Waals surface area contributed by atoms with E-state index in [9.17, 15) is 18.5 Å². The van der Waals surface area contributed by atoms with Gasteiger partial charge in [-0.05, 0) is 39.7 Å². The lowest BCUT2D eigenvalue weighted by Crippen LogP contribution is -2.46. The average molecular weight is 516 g/mol. The van der Waals surface area contributed by atoms with Gasteiger partial charge in [-0.1, -0.05) is 37.3 Å². The van der Waals surface area contributed by atoms with E-state index in [0.717, 1.165) is 0 Å². The second-order valence-electron chi connectivity index (χ2n) is 10.0. The SMILES string of the molecule is CC[C@H](C[N+](=O)[O-])[C@H](c1ccccc1)S(=O)(=O)O[C@H]1[C@H]2OC(C)(C)O[C@H]2O[C@@H]1C1COC(C)(C)O1. The second kappa shape index (κ2) is 9.66. The number of hydrogen-bond donors (Lipinski definition) is 0. The van der Waals surface area contributed by atoms with Gasteiger partial charge in [0.2, 0.25) is 6.54 Å². The molecule has 1 aromatic carbocycles. The molecule has 0 bridgehead atoms. The van der Waals surface area contributed by atoms with Crippen molar-refractivity contribution >= 4 is 10.1 Å². The first-order valence-corrected chi connectivity index (χ1v) is 13.2. The standard InChI is InChI=1S/C23H33NO10S/c1-6-14(12-24(25)26)20(15-10-8-7-9-11-15)35(27,28)34-18-17(16-13-29-22(2,3)31-16)30-21-19(18)32-23(4,5)33-21/h7-11,14,16-21H,6,12-13H2,1-5H3/t14-,16?,17-,18-,19-,20-,21-/m1/s1. The summed E-state index contributed by atoms with van der Waals surface area (Å²) < 4.78 is 63.0. The molecule has 4 rings (SSSR count). The molecule has 3 aliphatic rings. The van der Waals surface area contributed by atoms with Gasteiger partial charge in [-0.15, -0.1) is 0 Å². The van der Waals surface area contributed by atoms with Crippen molar-refractivity contribution in [1.29, 1.82) is 0 Å². The summed E-state index contributed by atoms with van der Waals surface area (Å²) in [6, 6.07) is 8.40. The van der Waals surface area contributed by atoms with Gasteiger partial charge in [-0.3, -0.25) is 14.3 Å². The van der Waals surface area contributed by atoms with Gasteiger partial charge >= 0.3 is 0 Å². The van der Waals surface area contributed by atoms with Crippen molar-refractivity contribution in [3.05, 3.63) is 46.0 Å². The van der Waals surface area contributed by atoms with Gasteiger partial charge in [0.25, 0.3) is 10.1 Å². The second-order valence-corrected chi connectivity index (χ2v) is 11.7. The van der Waals surface area contributed by atoms with E-state index in [0.29, 0.717) is 5.56 Å². The smallest absolute Gasteiger partial charge is 0.275 e. The number of rotatable bonds is 9. The van der Waals surface area contributed by atoms with Crippen molar-refractivity contribution in [2.24, 2.45) is 5.92 Å². The average Bonchev–Trinajstić information content (AvgIpc) is 3.37. The maximum Gasteiger partial charge on any atom is 0.275 e. The van der Waals surface area contributed by atoms with E-state index in [1.54, 1.807) is 65.0 Å². The van der Waals surface area contributed by atoms with Crippen LogP contribution in [0.25, 0.3) is 0 Å². The number of hydrogen-bond acceptors (Lipinski definition) is 10. The summed E-state index contributed by atoms with van der Waals surface area (Å²) in [5.41, 5.74) is 0.415. The van der Waals surface area contributed by atoms with Crippen LogP contribution in [0.2, 0.25) is 0 Å². The van der Waals surface area contributed by atoms with Crippen LogP contribution in [0.1, 0.15) is 51.9 Å². The van der Waals surface area contributed by atoms with Crippen molar-refractivity contribution in [3.63, 3.8) is 0 Å². The van der Waals surface area contributed by atoms with Gasteiger partial charge in [-0.2, -0.15) is 8.42 Å². The third kappa shape index (κ3) is 5.68. The quantitative estimate of drug-likeness (QED) is 0.275. The number of benzene rings is 1. The Kier molecular flexibility index (Phi) is 7.28. The van der Waals surface area contributed by atoms with Crippen molar-refractivity contribution < 1.29 is 41.2 Å². The molecular formula is C23H33NO10S. The summed E-state index contributed by atoms with van der Waals surface area (Å²) in [7, 11) is -4.40. The molecule has 0 spiro atoms. The highest BCUT2D eigenvalue weighted by atomic mass is 32.2. The van der Waals surface area contributed by atoms with E-state index in [-0.39, 0.29) is 13.0 Å². The molecule has 1 aromatic rings. The number of fused-ring (bicyclic) bond motifs is 1. The van der Waals surface area contributed by atoms with Crippen LogP contribution in [0.3, 0.4) is 0 Å². The number of ether oxygens (including phenoxy) is 5. The maximum absolute atomic E-state index is 13.8. The van der Waals surface area contributed by atoms with Crippen molar-refractivity contribution in [2.45, 2.75) is 88.6 Å². The van der Waals surface area contributed by atoms with Gasteiger partial charge < -0.3 is 23.7 Å². The van der Waals surface area contributed by atoms with Crippen molar-refractivity contribution in [1.82, 2.24) is 0 Å². The van der Waals surface area contributed by atoms with E-state index >= 15 is 0 Å². The Labute approximate surface area is 205 Å². The van der Waals surface area contributed by atoms with Gasteiger partial charge in [0.15, 0.2) is 17.9 Å². The van der Waals surface area contributed by atoms with E-state index in [2.05, 4.69) is 0 Å². The summed E-state index contributed by atoms with van der Waals surface area (Å²) in [6.45, 7) is 8.27.